The summed E-state index contributed by atoms with van der Waals surface area (Å²) in [5.41, 5.74) is 10.3. The number of nitrogens with one attached hydrogen (secondary N) is 3. The van der Waals surface area contributed by atoms with Gasteiger partial charge < -0.3 is 21.4 Å². The number of aromatic nitrogens is 1. The molecule has 0 unspecified atom stereocenters. The fraction of sp³-hybridized carbons (Fsp3) is 0.0952. The van der Waals surface area contributed by atoms with Gasteiger partial charge in [0.15, 0.2) is 0 Å². The minimum atomic E-state index is 0.523. The molecule has 0 bridgehead atoms. The van der Waals surface area contributed by atoms with Crippen LogP contribution in [0.1, 0.15) is 0 Å². The summed E-state index contributed by atoms with van der Waals surface area (Å²) in [5.74, 6) is 0. The predicted molar refractivity (Wildman–Crippen MR) is 122 cm³/mol. The molecule has 4 rings (SSSR count). The van der Waals surface area contributed by atoms with E-state index in [-0.39, 0.29) is 0 Å². The zero-order chi connectivity index (χ0) is 19.5. The lowest BCUT2D eigenvalue weighted by atomic mass is 10.1. The lowest BCUT2D eigenvalue weighted by Crippen LogP contribution is -2.06. The first kappa shape index (κ1) is 18.5. The highest BCUT2D eigenvalue weighted by atomic mass is 35.5. The van der Waals surface area contributed by atoms with E-state index in [4.69, 9.17) is 28.9 Å². The van der Waals surface area contributed by atoms with E-state index in [0.29, 0.717) is 23.1 Å². The number of H-pyrrole nitrogens is 1. The Labute approximate surface area is 172 Å². The first-order valence-electron chi connectivity index (χ1n) is 8.86. The molecule has 7 heteroatoms. The maximum atomic E-state index is 6.12. The molecule has 4 aromatic rings. The fourth-order valence-electron chi connectivity index (χ4n) is 3.22. The van der Waals surface area contributed by atoms with Gasteiger partial charge in [0, 0.05) is 34.2 Å². The molecular weight excluding hydrogens is 393 g/mol. The van der Waals surface area contributed by atoms with Crippen LogP contribution in [0.15, 0.2) is 59.6 Å². The third kappa shape index (κ3) is 3.72. The molecule has 3 aromatic carbocycles. The maximum absolute atomic E-state index is 6.12. The number of halogens is 2. The van der Waals surface area contributed by atoms with Crippen molar-refractivity contribution in [3.8, 4) is 0 Å². The minimum Gasteiger partial charge on any atom is -0.390 e. The van der Waals surface area contributed by atoms with Crippen LogP contribution < -0.4 is 16.4 Å². The van der Waals surface area contributed by atoms with Gasteiger partial charge in [-0.05, 0) is 42.5 Å². The fourth-order valence-corrected chi connectivity index (χ4v) is 3.52. The molecule has 0 fully saturated rings. The van der Waals surface area contributed by atoms with Gasteiger partial charge in [0.2, 0.25) is 0 Å². The van der Waals surface area contributed by atoms with Crippen LogP contribution in [-0.2, 0) is 0 Å². The molecular formula is C21H19Cl2N5. The monoisotopic (exact) mass is 411 g/mol. The van der Waals surface area contributed by atoms with E-state index in [9.17, 15) is 0 Å². The second-order valence-electron chi connectivity index (χ2n) is 6.35. The highest BCUT2D eigenvalue weighted by molar-refractivity contribution is 6.42. The molecule has 0 aliphatic carbocycles. The zero-order valence-electron chi connectivity index (χ0n) is 15.0. The number of nitrogens with two attached hydrogens (primary N) is 1. The van der Waals surface area contributed by atoms with Crippen LogP contribution in [0.3, 0.4) is 0 Å². The van der Waals surface area contributed by atoms with Crippen molar-refractivity contribution < 1.29 is 0 Å². The SMILES string of the molecule is NC=NCCNc1cccc2c1[nH]c1ccc(Nc3ccc(Cl)c(Cl)c3)cc12. The van der Waals surface area contributed by atoms with Crippen molar-refractivity contribution >= 4 is 68.4 Å². The summed E-state index contributed by atoms with van der Waals surface area (Å²) in [6.07, 6.45) is 1.33. The average molecular weight is 412 g/mol. The number of anilines is 3. The van der Waals surface area contributed by atoms with Crippen molar-refractivity contribution in [2.75, 3.05) is 23.7 Å². The summed E-state index contributed by atoms with van der Waals surface area (Å²) < 4.78 is 0. The number of aromatic amines is 1. The smallest absolute Gasteiger partial charge is 0.0798 e. The van der Waals surface area contributed by atoms with Crippen molar-refractivity contribution in [2.45, 2.75) is 0 Å². The van der Waals surface area contributed by atoms with E-state index in [1.54, 1.807) is 6.07 Å². The van der Waals surface area contributed by atoms with Crippen LogP contribution in [0.5, 0.6) is 0 Å². The van der Waals surface area contributed by atoms with Crippen LogP contribution >= 0.6 is 23.2 Å². The number of aliphatic imine (C=N–C) groups is 1. The number of hydrogen-bond donors (Lipinski definition) is 4. The molecule has 0 spiro atoms. The van der Waals surface area contributed by atoms with Crippen molar-refractivity contribution in [3.05, 3.63) is 64.6 Å². The Balaban J connectivity index is 1.66. The third-order valence-corrected chi connectivity index (χ3v) is 5.24. The van der Waals surface area contributed by atoms with Crippen molar-refractivity contribution in [1.29, 1.82) is 0 Å². The van der Waals surface area contributed by atoms with Gasteiger partial charge in [-0.2, -0.15) is 0 Å². The standard InChI is InChI=1S/C21H19Cl2N5/c22-17-6-4-14(11-18(17)23)27-13-5-7-19-16(10-13)15-2-1-3-20(21(15)28-19)26-9-8-25-12-24/h1-7,10-12,26-28H,8-9H2,(H2,24,25). The molecule has 0 atom stereocenters. The number of benzene rings is 3. The first-order chi connectivity index (χ1) is 13.7. The highest BCUT2D eigenvalue weighted by Gasteiger charge is 2.09. The molecule has 1 heterocycles. The molecule has 0 radical (unpaired) electrons. The largest absolute Gasteiger partial charge is 0.390 e. The number of para-hydroxylation sites is 1. The second-order valence-corrected chi connectivity index (χ2v) is 7.16. The molecule has 0 saturated heterocycles. The Hall–Kier alpha value is -2.89. The summed E-state index contributed by atoms with van der Waals surface area (Å²) in [4.78, 5) is 7.53. The Morgan fingerprint density at radius 3 is 2.61 bits per heavy atom. The van der Waals surface area contributed by atoms with Gasteiger partial charge in [-0.15, -0.1) is 0 Å². The van der Waals surface area contributed by atoms with Gasteiger partial charge in [-0.1, -0.05) is 35.3 Å². The van der Waals surface area contributed by atoms with Crippen molar-refractivity contribution in [3.63, 3.8) is 0 Å². The molecule has 0 aliphatic rings. The molecule has 0 amide bonds. The van der Waals surface area contributed by atoms with E-state index >= 15 is 0 Å². The first-order valence-corrected chi connectivity index (χ1v) is 9.62. The third-order valence-electron chi connectivity index (χ3n) is 4.50. The minimum absolute atomic E-state index is 0.523. The molecule has 5 nitrogen and oxygen atoms in total. The van der Waals surface area contributed by atoms with Gasteiger partial charge in [0.05, 0.1) is 34.1 Å². The quantitative estimate of drug-likeness (QED) is 0.184. The van der Waals surface area contributed by atoms with Gasteiger partial charge in [-0.25, -0.2) is 0 Å². The maximum Gasteiger partial charge on any atom is 0.0798 e. The second kappa shape index (κ2) is 8.00. The lowest BCUT2D eigenvalue weighted by Gasteiger charge is -2.08. The van der Waals surface area contributed by atoms with Crippen LogP contribution in [0.2, 0.25) is 10.0 Å². The lowest BCUT2D eigenvalue weighted by molar-refractivity contribution is 1.03. The van der Waals surface area contributed by atoms with E-state index in [1.807, 2.05) is 24.3 Å². The van der Waals surface area contributed by atoms with E-state index in [1.165, 1.54) is 6.34 Å². The van der Waals surface area contributed by atoms with Gasteiger partial charge >= 0.3 is 0 Å². The summed E-state index contributed by atoms with van der Waals surface area (Å²) in [7, 11) is 0. The zero-order valence-corrected chi connectivity index (χ0v) is 16.5. The van der Waals surface area contributed by atoms with Gasteiger partial charge in [-0.3, -0.25) is 4.99 Å². The topological polar surface area (TPSA) is 78.2 Å². The summed E-state index contributed by atoms with van der Waals surface area (Å²) >= 11 is 12.1. The summed E-state index contributed by atoms with van der Waals surface area (Å²) in [6, 6.07) is 17.9. The molecule has 28 heavy (non-hydrogen) atoms. The highest BCUT2D eigenvalue weighted by Crippen LogP contribution is 2.33. The van der Waals surface area contributed by atoms with Crippen LogP contribution in [0.25, 0.3) is 21.8 Å². The predicted octanol–water partition coefficient (Wildman–Crippen LogP) is 5.77. The van der Waals surface area contributed by atoms with Gasteiger partial charge in [0.1, 0.15) is 0 Å². The van der Waals surface area contributed by atoms with E-state index in [0.717, 1.165) is 38.9 Å². The molecule has 5 N–H and O–H groups in total. The van der Waals surface area contributed by atoms with Gasteiger partial charge in [0.25, 0.3) is 0 Å². The number of rotatable bonds is 6. The average Bonchev–Trinajstić information content (AvgIpc) is 3.07. The molecule has 1 aromatic heterocycles. The Morgan fingerprint density at radius 1 is 0.964 bits per heavy atom. The molecule has 0 saturated carbocycles. The van der Waals surface area contributed by atoms with Crippen LogP contribution in [0.4, 0.5) is 17.1 Å². The molecule has 0 aliphatic heterocycles. The van der Waals surface area contributed by atoms with E-state index < -0.39 is 0 Å². The Morgan fingerprint density at radius 2 is 1.79 bits per heavy atom. The Kier molecular flexibility index (Phi) is 5.28. The molecule has 142 valence electrons. The number of nitrogens with zero attached hydrogens (tertiary/aromatic N) is 1. The number of hydrogen-bond acceptors (Lipinski definition) is 3. The number of fused-ring (bicyclic) bond motifs is 3. The van der Waals surface area contributed by atoms with Crippen molar-refractivity contribution in [1.82, 2.24) is 4.98 Å². The van der Waals surface area contributed by atoms with Crippen LogP contribution in [0, 0.1) is 0 Å². The summed E-state index contributed by atoms with van der Waals surface area (Å²) in [5, 5.41) is 10.1. The van der Waals surface area contributed by atoms with E-state index in [2.05, 4.69) is 44.9 Å². The normalized spacial score (nSPS) is 11.5. The summed E-state index contributed by atoms with van der Waals surface area (Å²) in [6.45, 7) is 1.34. The van der Waals surface area contributed by atoms with Crippen LogP contribution in [-0.4, -0.2) is 24.4 Å². The Bertz CT molecular complexity index is 1170. The van der Waals surface area contributed by atoms with Crippen molar-refractivity contribution in [2.24, 2.45) is 10.7 Å².